The van der Waals surface area contributed by atoms with Crippen LogP contribution in [0.3, 0.4) is 0 Å². The number of hydrogen-bond donors (Lipinski definition) is 1. The van der Waals surface area contributed by atoms with Gasteiger partial charge in [-0.15, -0.1) is 0 Å². The van der Waals surface area contributed by atoms with E-state index < -0.39 is 23.4 Å². The van der Waals surface area contributed by atoms with E-state index in [0.29, 0.717) is 0 Å². The Hall–Kier alpha value is -1.72. The highest BCUT2D eigenvalue weighted by Crippen LogP contribution is 2.13. The Morgan fingerprint density at radius 2 is 2.33 bits per heavy atom. The second kappa shape index (κ2) is 3.12. The maximum absolute atomic E-state index is 12.8. The van der Waals surface area contributed by atoms with Crippen molar-refractivity contribution in [3.8, 4) is 5.88 Å². The number of rotatable bonds is 1. The first-order valence-electron chi connectivity index (χ1n) is 2.94. The van der Waals surface area contributed by atoms with Gasteiger partial charge in [0.15, 0.2) is 5.69 Å². The van der Waals surface area contributed by atoms with Crippen LogP contribution in [0, 0.1) is 5.82 Å². The molecule has 1 heterocycles. The number of carbonyl (C=O) groups excluding carboxylic acids is 1. The number of hydrogen-bond acceptors (Lipinski definition) is 5. The van der Waals surface area contributed by atoms with Gasteiger partial charge in [-0.1, -0.05) is 0 Å². The zero-order valence-corrected chi connectivity index (χ0v) is 6.11. The van der Waals surface area contributed by atoms with Gasteiger partial charge in [-0.3, -0.25) is 0 Å². The molecule has 0 aliphatic heterocycles. The van der Waals surface area contributed by atoms with E-state index in [9.17, 15) is 9.18 Å². The molecule has 0 aliphatic rings. The summed E-state index contributed by atoms with van der Waals surface area (Å²) < 4.78 is 17.0. The van der Waals surface area contributed by atoms with Gasteiger partial charge in [-0.25, -0.2) is 9.78 Å². The van der Waals surface area contributed by atoms with Gasteiger partial charge >= 0.3 is 5.97 Å². The minimum atomic E-state index is -1.18. The van der Waals surface area contributed by atoms with Crippen molar-refractivity contribution in [1.29, 1.82) is 0 Å². The van der Waals surface area contributed by atoms with Gasteiger partial charge in [0.2, 0.25) is 5.82 Å². The smallest absolute Gasteiger partial charge is 0.360 e. The molecule has 0 fully saturated rings. The Balaban J connectivity index is 3.16. The average molecular weight is 172 g/mol. The van der Waals surface area contributed by atoms with Crippen molar-refractivity contribution in [2.24, 2.45) is 0 Å². The molecular weight excluding hydrogens is 167 g/mol. The van der Waals surface area contributed by atoms with Gasteiger partial charge in [0.25, 0.3) is 5.88 Å². The highest BCUT2D eigenvalue weighted by atomic mass is 19.1. The largest absolute Gasteiger partial charge is 0.491 e. The summed E-state index contributed by atoms with van der Waals surface area (Å²) in [5.41, 5.74) is -0.579. The normalized spacial score (nSPS) is 9.50. The molecule has 6 heteroatoms. The van der Waals surface area contributed by atoms with Crippen molar-refractivity contribution >= 4 is 5.97 Å². The van der Waals surface area contributed by atoms with Gasteiger partial charge in [-0.2, -0.15) is 9.37 Å². The lowest BCUT2D eigenvalue weighted by Gasteiger charge is -1.99. The Labute approximate surface area is 66.8 Å². The molecule has 12 heavy (non-hydrogen) atoms. The summed E-state index contributed by atoms with van der Waals surface area (Å²) in [6.07, 6.45) is 0.866. The number of methoxy groups -OCH3 is 1. The lowest BCUT2D eigenvalue weighted by Crippen LogP contribution is -2.07. The number of ether oxygens (including phenoxy) is 1. The molecule has 1 N–H and O–H groups in total. The lowest BCUT2D eigenvalue weighted by molar-refractivity contribution is 0.0586. The molecule has 1 aromatic rings. The molecule has 0 atom stereocenters. The van der Waals surface area contributed by atoms with Crippen LogP contribution in [0.2, 0.25) is 0 Å². The third-order valence-corrected chi connectivity index (χ3v) is 1.15. The first-order valence-corrected chi connectivity index (χ1v) is 2.94. The summed E-state index contributed by atoms with van der Waals surface area (Å²) in [5, 5.41) is 8.71. The number of nitrogens with zero attached hydrogens (tertiary/aromatic N) is 2. The van der Waals surface area contributed by atoms with Gasteiger partial charge in [0.1, 0.15) is 6.33 Å². The second-order valence-electron chi connectivity index (χ2n) is 1.85. The van der Waals surface area contributed by atoms with Crippen LogP contribution in [0.5, 0.6) is 5.88 Å². The maximum atomic E-state index is 12.8. The van der Waals surface area contributed by atoms with Crippen LogP contribution in [-0.4, -0.2) is 28.2 Å². The van der Waals surface area contributed by atoms with Crippen molar-refractivity contribution in [2.45, 2.75) is 0 Å². The molecule has 0 aliphatic carbocycles. The van der Waals surface area contributed by atoms with E-state index in [-0.39, 0.29) is 0 Å². The standard InChI is InChI=1S/C6H5FN2O3/c1-12-6(11)4-3(7)5(10)9-2-8-4/h2H,1H3,(H,8,9,10). The highest BCUT2D eigenvalue weighted by Gasteiger charge is 2.17. The van der Waals surface area contributed by atoms with E-state index in [2.05, 4.69) is 14.7 Å². The quantitative estimate of drug-likeness (QED) is 0.608. The van der Waals surface area contributed by atoms with Gasteiger partial charge < -0.3 is 9.84 Å². The molecule has 0 radical (unpaired) electrons. The molecule has 0 unspecified atom stereocenters. The molecule has 0 spiro atoms. The molecule has 64 valence electrons. The SMILES string of the molecule is COC(=O)c1ncnc(O)c1F. The molecule has 0 saturated heterocycles. The summed E-state index contributed by atoms with van der Waals surface area (Å²) in [4.78, 5) is 17.1. The zero-order chi connectivity index (χ0) is 9.14. The molecule has 1 rings (SSSR count). The van der Waals surface area contributed by atoms with Crippen LogP contribution in [0.4, 0.5) is 4.39 Å². The van der Waals surface area contributed by atoms with Crippen molar-refractivity contribution < 1.29 is 19.0 Å². The number of esters is 1. The van der Waals surface area contributed by atoms with E-state index in [0.717, 1.165) is 13.4 Å². The van der Waals surface area contributed by atoms with Crippen LogP contribution in [-0.2, 0) is 4.74 Å². The van der Waals surface area contributed by atoms with Crippen molar-refractivity contribution in [3.05, 3.63) is 17.8 Å². The predicted molar refractivity (Wildman–Crippen MR) is 35.0 cm³/mol. The lowest BCUT2D eigenvalue weighted by atomic mass is 10.4. The van der Waals surface area contributed by atoms with Gasteiger partial charge in [0.05, 0.1) is 7.11 Å². The number of aromatic hydroxyl groups is 1. The van der Waals surface area contributed by atoms with Crippen LogP contribution < -0.4 is 0 Å². The minimum Gasteiger partial charge on any atom is -0.491 e. The predicted octanol–water partition coefficient (Wildman–Crippen LogP) is 0.108. The summed E-state index contributed by atoms with van der Waals surface area (Å²) in [6, 6.07) is 0. The molecule has 5 nitrogen and oxygen atoms in total. The first kappa shape index (κ1) is 8.38. The fourth-order valence-corrected chi connectivity index (χ4v) is 0.600. The molecule has 0 saturated carbocycles. The second-order valence-corrected chi connectivity index (χ2v) is 1.85. The first-order chi connectivity index (χ1) is 5.66. The van der Waals surface area contributed by atoms with Gasteiger partial charge in [0, 0.05) is 0 Å². The number of carbonyl (C=O) groups is 1. The Morgan fingerprint density at radius 1 is 1.67 bits per heavy atom. The molecular formula is C6H5FN2O3. The maximum Gasteiger partial charge on any atom is 0.360 e. The topological polar surface area (TPSA) is 72.3 Å². The monoisotopic (exact) mass is 172 g/mol. The van der Waals surface area contributed by atoms with E-state index >= 15 is 0 Å². The summed E-state index contributed by atoms with van der Waals surface area (Å²) in [7, 11) is 1.08. The fourth-order valence-electron chi connectivity index (χ4n) is 0.600. The summed E-state index contributed by atoms with van der Waals surface area (Å²) in [5.74, 6) is -3.00. The molecule has 1 aromatic heterocycles. The number of aromatic nitrogens is 2. The minimum absolute atomic E-state index is 0.579. The van der Waals surface area contributed by atoms with E-state index in [1.807, 2.05) is 0 Å². The van der Waals surface area contributed by atoms with E-state index in [1.54, 1.807) is 0 Å². The number of halogens is 1. The molecule has 0 aromatic carbocycles. The van der Waals surface area contributed by atoms with Crippen LogP contribution in [0.25, 0.3) is 0 Å². The van der Waals surface area contributed by atoms with Crippen molar-refractivity contribution in [2.75, 3.05) is 7.11 Å². The summed E-state index contributed by atoms with van der Waals surface area (Å²) >= 11 is 0. The fraction of sp³-hybridized carbons (Fsp3) is 0.167. The van der Waals surface area contributed by atoms with Crippen LogP contribution >= 0.6 is 0 Å². The molecule has 0 amide bonds. The van der Waals surface area contributed by atoms with E-state index in [1.165, 1.54) is 0 Å². The average Bonchev–Trinajstić information content (AvgIpc) is 2.08. The zero-order valence-electron chi connectivity index (χ0n) is 6.11. The molecule has 0 bridgehead atoms. The van der Waals surface area contributed by atoms with Gasteiger partial charge in [-0.05, 0) is 0 Å². The third kappa shape index (κ3) is 1.31. The highest BCUT2D eigenvalue weighted by molar-refractivity contribution is 5.87. The van der Waals surface area contributed by atoms with E-state index in [4.69, 9.17) is 5.11 Å². The Morgan fingerprint density at radius 3 is 2.92 bits per heavy atom. The van der Waals surface area contributed by atoms with Crippen molar-refractivity contribution in [1.82, 2.24) is 9.97 Å². The van der Waals surface area contributed by atoms with Crippen LogP contribution in [0.1, 0.15) is 10.5 Å². The Bertz CT molecular complexity index is 316. The van der Waals surface area contributed by atoms with Crippen molar-refractivity contribution in [3.63, 3.8) is 0 Å². The van der Waals surface area contributed by atoms with Crippen LogP contribution in [0.15, 0.2) is 6.33 Å². The summed E-state index contributed by atoms with van der Waals surface area (Å²) in [6.45, 7) is 0. The Kier molecular flexibility index (Phi) is 2.18. The third-order valence-electron chi connectivity index (χ3n) is 1.15.